The minimum Gasteiger partial charge on any atom is -1.00 e. The number of fused-ring (bicyclic) bond motifs is 2. The average molecular weight is 653 g/mol. The maximum Gasteiger partial charge on any atom is 0.210 e. The molecule has 2 aliphatic heterocycles. The van der Waals surface area contributed by atoms with E-state index >= 15 is 0 Å². The highest BCUT2D eigenvalue weighted by molar-refractivity contribution is 6.03. The molecule has 2 aromatic rings. The Morgan fingerprint density at radius 3 is 2.00 bits per heavy atom. The molecular weight excluding hydrogens is 607 g/mol. The van der Waals surface area contributed by atoms with Crippen molar-refractivity contribution in [2.75, 3.05) is 32.2 Å². The van der Waals surface area contributed by atoms with E-state index in [1.807, 2.05) is 6.07 Å². The van der Waals surface area contributed by atoms with E-state index in [0.717, 1.165) is 37.4 Å². The van der Waals surface area contributed by atoms with E-state index in [0.29, 0.717) is 0 Å². The van der Waals surface area contributed by atoms with E-state index in [1.165, 1.54) is 33.9 Å². The molecule has 2 aliphatic rings. The van der Waals surface area contributed by atoms with Crippen LogP contribution in [0.4, 0.5) is 11.4 Å². The van der Waals surface area contributed by atoms with Crippen molar-refractivity contribution in [3.8, 4) is 11.5 Å². The molecule has 2 heterocycles. The third-order valence-electron chi connectivity index (χ3n) is 8.68. The summed E-state index contributed by atoms with van der Waals surface area (Å²) >= 11 is 0. The number of likely N-dealkylation sites (N-methyl/N-ethyl adjacent to an activating group) is 1. The number of hydrogen-bond donors (Lipinski definition) is 0. The van der Waals surface area contributed by atoms with Gasteiger partial charge in [0, 0.05) is 41.1 Å². The quantitative estimate of drug-likeness (QED) is 0.199. The zero-order valence-electron chi connectivity index (χ0n) is 25.4. The first kappa shape index (κ1) is 31.7. The largest absolute Gasteiger partial charge is 1.00 e. The van der Waals surface area contributed by atoms with Crippen molar-refractivity contribution in [1.82, 2.24) is 0 Å². The Balaban J connectivity index is 0.00000441. The van der Waals surface area contributed by atoms with Crippen molar-refractivity contribution >= 4 is 17.1 Å². The van der Waals surface area contributed by atoms with Crippen molar-refractivity contribution in [3.63, 3.8) is 0 Å². The van der Waals surface area contributed by atoms with E-state index in [4.69, 9.17) is 9.47 Å². The second-order valence-corrected chi connectivity index (χ2v) is 10.7. The topological polar surface area (TPSA) is 24.7 Å². The van der Waals surface area contributed by atoms with Gasteiger partial charge >= 0.3 is 0 Å². The third kappa shape index (κ3) is 5.41. The van der Waals surface area contributed by atoms with Gasteiger partial charge in [-0.2, -0.15) is 4.58 Å². The molecule has 0 spiro atoms. The molecule has 0 saturated carbocycles. The van der Waals surface area contributed by atoms with E-state index in [2.05, 4.69) is 124 Å². The van der Waals surface area contributed by atoms with Gasteiger partial charge in [-0.25, -0.2) is 0 Å². The van der Waals surface area contributed by atoms with E-state index < -0.39 is 0 Å². The normalized spacial score (nSPS) is 18.2. The molecule has 0 bridgehead atoms. The number of nitrogens with zero attached hydrogens (tertiary/aromatic N) is 2. The standard InChI is InChI=1S/C35H45N2O2.HI/c1-9-35(10-2)29-25-27(39-8)21-23-31(29)37(12-4)33(35)19-17-15-13-14-16-18-32-34(5,6)28-24-26(38-7)20-22-30(28)36(32)11-3;/h13-25H,9-12H2,1-8H3;1H/q+1;/p-1. The smallest absolute Gasteiger partial charge is 0.210 e. The molecule has 4 nitrogen and oxygen atoms in total. The molecule has 214 valence electrons. The summed E-state index contributed by atoms with van der Waals surface area (Å²) in [7, 11) is 3.48. The van der Waals surface area contributed by atoms with Gasteiger partial charge in [0.15, 0.2) is 5.71 Å². The number of rotatable bonds is 10. The van der Waals surface area contributed by atoms with Gasteiger partial charge in [-0.15, -0.1) is 0 Å². The van der Waals surface area contributed by atoms with Crippen molar-refractivity contribution in [1.29, 1.82) is 0 Å². The van der Waals surface area contributed by atoms with Crippen LogP contribution in [0.15, 0.2) is 84.6 Å². The second-order valence-electron chi connectivity index (χ2n) is 10.7. The van der Waals surface area contributed by atoms with Gasteiger partial charge in [0.1, 0.15) is 18.0 Å². The molecule has 0 N–H and O–H groups in total. The number of halogens is 1. The average Bonchev–Trinajstić information content (AvgIpc) is 3.35. The lowest BCUT2D eigenvalue weighted by atomic mass is 9.75. The van der Waals surface area contributed by atoms with Gasteiger partial charge in [-0.1, -0.05) is 44.2 Å². The van der Waals surface area contributed by atoms with Crippen molar-refractivity contribution < 1.29 is 38.0 Å². The Kier molecular flexibility index (Phi) is 10.5. The second kappa shape index (κ2) is 13.2. The highest BCUT2D eigenvalue weighted by Gasteiger charge is 2.45. The minimum atomic E-state index is -0.0854. The van der Waals surface area contributed by atoms with Crippen LogP contribution in [0.1, 0.15) is 65.5 Å². The van der Waals surface area contributed by atoms with Gasteiger partial charge in [-0.05, 0) is 82.5 Å². The van der Waals surface area contributed by atoms with Gasteiger partial charge in [0.25, 0.3) is 0 Å². The fraction of sp³-hybridized carbons (Fsp3) is 0.400. The van der Waals surface area contributed by atoms with Crippen LogP contribution < -0.4 is 38.4 Å². The van der Waals surface area contributed by atoms with Crippen LogP contribution in [-0.2, 0) is 10.8 Å². The van der Waals surface area contributed by atoms with Gasteiger partial charge in [0.05, 0.1) is 19.6 Å². The minimum absolute atomic E-state index is 0. The molecule has 0 aliphatic carbocycles. The van der Waals surface area contributed by atoms with Crippen LogP contribution in [0, 0.1) is 0 Å². The summed E-state index contributed by atoms with van der Waals surface area (Å²) in [4.78, 5) is 2.46. The van der Waals surface area contributed by atoms with Crippen molar-refractivity contribution in [2.45, 2.75) is 65.2 Å². The Labute approximate surface area is 258 Å². The first-order valence-electron chi connectivity index (χ1n) is 14.3. The third-order valence-corrected chi connectivity index (χ3v) is 8.68. The summed E-state index contributed by atoms with van der Waals surface area (Å²) in [5, 5.41) is 0. The summed E-state index contributed by atoms with van der Waals surface area (Å²) in [6.45, 7) is 15.5. The fourth-order valence-electron chi connectivity index (χ4n) is 6.48. The molecule has 0 amide bonds. The molecule has 0 saturated heterocycles. The molecule has 40 heavy (non-hydrogen) atoms. The van der Waals surface area contributed by atoms with Crippen LogP contribution in [-0.4, -0.2) is 37.6 Å². The predicted molar refractivity (Wildman–Crippen MR) is 165 cm³/mol. The van der Waals surface area contributed by atoms with Crippen LogP contribution >= 0.6 is 0 Å². The molecule has 0 atom stereocenters. The first-order valence-corrected chi connectivity index (χ1v) is 14.3. The van der Waals surface area contributed by atoms with Gasteiger partial charge in [-0.3, -0.25) is 0 Å². The number of benzene rings is 2. The highest BCUT2D eigenvalue weighted by Crippen LogP contribution is 2.52. The van der Waals surface area contributed by atoms with E-state index in [-0.39, 0.29) is 34.8 Å². The molecule has 4 rings (SSSR count). The monoisotopic (exact) mass is 652 g/mol. The summed E-state index contributed by atoms with van der Waals surface area (Å²) in [5.41, 5.74) is 7.84. The van der Waals surface area contributed by atoms with Gasteiger partial charge < -0.3 is 38.4 Å². The number of hydrogen-bond acceptors (Lipinski definition) is 3. The molecule has 0 unspecified atom stereocenters. The van der Waals surface area contributed by atoms with Crippen LogP contribution in [0.25, 0.3) is 0 Å². The highest BCUT2D eigenvalue weighted by atomic mass is 127. The Morgan fingerprint density at radius 2 is 1.40 bits per heavy atom. The Bertz CT molecular complexity index is 1360. The van der Waals surface area contributed by atoms with E-state index in [9.17, 15) is 0 Å². The molecule has 0 fully saturated rings. The maximum absolute atomic E-state index is 5.58. The number of ether oxygens (including phenoxy) is 2. The Hall–Kier alpha value is -2.80. The number of allylic oxidation sites excluding steroid dienone is 8. The number of anilines is 1. The lowest BCUT2D eigenvalue weighted by molar-refractivity contribution is -0.433. The zero-order chi connectivity index (χ0) is 28.2. The molecular formula is C35H45IN2O2. The predicted octanol–water partition coefficient (Wildman–Crippen LogP) is 5.25. The molecule has 2 aromatic carbocycles. The van der Waals surface area contributed by atoms with Crippen molar-refractivity contribution in [2.24, 2.45) is 0 Å². The summed E-state index contributed by atoms with van der Waals surface area (Å²) in [6, 6.07) is 12.9. The van der Waals surface area contributed by atoms with E-state index in [1.54, 1.807) is 14.2 Å². The maximum atomic E-state index is 5.58. The SMILES string of the molecule is CCN1/C(=C/C=C/C=C/C=C/C2=[N+](CC)c3ccc(OC)cc3C2(C)C)C(CC)(CC)c2cc(OC)ccc21.[I-]. The summed E-state index contributed by atoms with van der Waals surface area (Å²) in [6.07, 6.45) is 17.3. The lowest BCUT2D eigenvalue weighted by Gasteiger charge is -2.31. The molecule has 5 heteroatoms. The van der Waals surface area contributed by atoms with Gasteiger partial charge in [0.2, 0.25) is 5.69 Å². The lowest BCUT2D eigenvalue weighted by Crippen LogP contribution is -3.00. The zero-order valence-corrected chi connectivity index (χ0v) is 27.6. The van der Waals surface area contributed by atoms with Crippen molar-refractivity contribution in [3.05, 3.63) is 95.8 Å². The van der Waals surface area contributed by atoms with Crippen LogP contribution in [0.3, 0.4) is 0 Å². The number of methoxy groups -OCH3 is 2. The van der Waals surface area contributed by atoms with Crippen LogP contribution in [0.2, 0.25) is 0 Å². The summed E-state index contributed by atoms with van der Waals surface area (Å²) < 4.78 is 13.5. The Morgan fingerprint density at radius 1 is 0.800 bits per heavy atom. The molecule has 0 aromatic heterocycles. The fourth-order valence-corrected chi connectivity index (χ4v) is 6.48. The summed E-state index contributed by atoms with van der Waals surface area (Å²) in [5.74, 6) is 1.83. The first-order chi connectivity index (χ1) is 18.8. The van der Waals surface area contributed by atoms with Crippen LogP contribution in [0.5, 0.6) is 11.5 Å². The molecule has 0 radical (unpaired) electrons.